The van der Waals surface area contributed by atoms with Crippen LogP contribution in [-0.4, -0.2) is 15.2 Å². The molecule has 0 radical (unpaired) electrons. The first-order valence-electron chi connectivity index (χ1n) is 7.42. The number of aromatic amines is 1. The lowest BCUT2D eigenvalue weighted by Crippen LogP contribution is -1.88. The molecule has 112 valence electrons. The second-order valence-corrected chi connectivity index (χ2v) is 5.48. The predicted octanol–water partition coefficient (Wildman–Crippen LogP) is 4.35. The molecule has 0 bridgehead atoms. The number of hydrogen-bond donors (Lipinski definition) is 1. The molecule has 0 aliphatic carbocycles. The van der Waals surface area contributed by atoms with Gasteiger partial charge in [0.1, 0.15) is 5.69 Å². The highest BCUT2D eigenvalue weighted by molar-refractivity contribution is 5.93. The number of rotatable bonds is 3. The summed E-state index contributed by atoms with van der Waals surface area (Å²) >= 11 is 0. The van der Waals surface area contributed by atoms with Crippen LogP contribution >= 0.6 is 0 Å². The number of halogens is 1. The zero-order chi connectivity index (χ0) is 15.6. The van der Waals surface area contributed by atoms with Crippen LogP contribution in [0.25, 0.3) is 22.2 Å². The van der Waals surface area contributed by atoms with E-state index in [-0.39, 0.29) is 0 Å². The highest BCUT2D eigenvalue weighted by Crippen LogP contribution is 2.27. The van der Waals surface area contributed by atoms with Crippen LogP contribution in [0.3, 0.4) is 0 Å². The smallest absolute Gasteiger partial charge is 0.213 e. The van der Waals surface area contributed by atoms with Gasteiger partial charge in [0.25, 0.3) is 0 Å². The van der Waals surface area contributed by atoms with E-state index in [2.05, 4.69) is 39.4 Å². The van der Waals surface area contributed by atoms with E-state index in [1.807, 2.05) is 24.3 Å². The normalized spacial score (nSPS) is 11.0. The number of nitrogens with zero attached hydrogens (tertiary/aromatic N) is 2. The summed E-state index contributed by atoms with van der Waals surface area (Å²) in [6.07, 6.45) is 2.31. The molecular weight excluding hydrogens is 289 g/mol. The maximum Gasteiger partial charge on any atom is 0.213 e. The van der Waals surface area contributed by atoms with Crippen molar-refractivity contribution >= 4 is 10.9 Å². The average molecular weight is 303 g/mol. The highest BCUT2D eigenvalue weighted by Gasteiger charge is 2.10. The number of H-pyrrole nitrogens is 1. The summed E-state index contributed by atoms with van der Waals surface area (Å²) in [5, 5.41) is 8.33. The van der Waals surface area contributed by atoms with Crippen LogP contribution in [-0.2, 0) is 6.42 Å². The molecule has 4 rings (SSSR count). The highest BCUT2D eigenvalue weighted by atomic mass is 19.1. The number of hydrogen-bond acceptors (Lipinski definition) is 2. The molecule has 4 heteroatoms. The Morgan fingerprint density at radius 2 is 1.78 bits per heavy atom. The number of benzene rings is 2. The first-order valence-corrected chi connectivity index (χ1v) is 7.42. The van der Waals surface area contributed by atoms with Crippen molar-refractivity contribution in [3.8, 4) is 11.3 Å². The van der Waals surface area contributed by atoms with Gasteiger partial charge in [-0.15, -0.1) is 0 Å². The first kappa shape index (κ1) is 13.6. The molecule has 0 aliphatic heterocycles. The summed E-state index contributed by atoms with van der Waals surface area (Å²) in [6, 6.07) is 19.7. The monoisotopic (exact) mass is 303 g/mol. The molecule has 0 amide bonds. The van der Waals surface area contributed by atoms with Gasteiger partial charge in [-0.2, -0.15) is 9.49 Å². The molecule has 1 N–H and O–H groups in total. The number of fused-ring (bicyclic) bond motifs is 1. The van der Waals surface area contributed by atoms with Crippen LogP contribution in [0.4, 0.5) is 4.39 Å². The average Bonchev–Trinajstić information content (AvgIpc) is 2.99. The summed E-state index contributed by atoms with van der Waals surface area (Å²) in [4.78, 5) is 3.60. The Balaban J connectivity index is 1.77. The largest absolute Gasteiger partial charge is 0.277 e. The molecule has 3 nitrogen and oxygen atoms in total. The van der Waals surface area contributed by atoms with Crippen molar-refractivity contribution in [2.75, 3.05) is 0 Å². The number of aromatic nitrogens is 3. The molecule has 0 fully saturated rings. The Morgan fingerprint density at radius 3 is 2.61 bits per heavy atom. The SMILES string of the molecule is Fc1cc(-c2n[nH]c3ccc(Cc4ccccc4)cc23)ccn1. The van der Waals surface area contributed by atoms with Crippen molar-refractivity contribution in [1.29, 1.82) is 0 Å². The number of nitrogens with one attached hydrogen (secondary N) is 1. The summed E-state index contributed by atoms with van der Waals surface area (Å²) in [5.41, 5.74) is 4.86. The Hall–Kier alpha value is -3.01. The lowest BCUT2D eigenvalue weighted by Gasteiger charge is -2.03. The fourth-order valence-electron chi connectivity index (χ4n) is 2.77. The predicted molar refractivity (Wildman–Crippen MR) is 88.5 cm³/mol. The van der Waals surface area contributed by atoms with E-state index in [0.29, 0.717) is 0 Å². The van der Waals surface area contributed by atoms with Gasteiger partial charge in [0.05, 0.1) is 5.52 Å². The van der Waals surface area contributed by atoms with Crippen LogP contribution in [0.5, 0.6) is 0 Å². The van der Waals surface area contributed by atoms with Crippen molar-refractivity contribution in [3.63, 3.8) is 0 Å². The Morgan fingerprint density at radius 1 is 0.913 bits per heavy atom. The van der Waals surface area contributed by atoms with Crippen molar-refractivity contribution in [1.82, 2.24) is 15.2 Å². The topological polar surface area (TPSA) is 41.6 Å². The van der Waals surface area contributed by atoms with Gasteiger partial charge in [0, 0.05) is 23.2 Å². The van der Waals surface area contributed by atoms with E-state index >= 15 is 0 Å². The third-order valence-corrected chi connectivity index (χ3v) is 3.88. The van der Waals surface area contributed by atoms with Crippen molar-refractivity contribution < 1.29 is 4.39 Å². The van der Waals surface area contributed by atoms with E-state index in [9.17, 15) is 4.39 Å². The van der Waals surface area contributed by atoms with E-state index in [1.165, 1.54) is 23.4 Å². The molecule has 2 heterocycles. The van der Waals surface area contributed by atoms with Crippen LogP contribution in [0, 0.1) is 5.95 Å². The van der Waals surface area contributed by atoms with E-state index in [0.717, 1.165) is 28.6 Å². The molecule has 2 aromatic carbocycles. The Kier molecular flexibility index (Phi) is 3.35. The molecule has 0 aliphatic rings. The molecule has 4 aromatic rings. The van der Waals surface area contributed by atoms with Gasteiger partial charge in [-0.05, 0) is 35.7 Å². The zero-order valence-electron chi connectivity index (χ0n) is 12.3. The quantitative estimate of drug-likeness (QED) is 0.571. The maximum atomic E-state index is 13.4. The second-order valence-electron chi connectivity index (χ2n) is 5.48. The second kappa shape index (κ2) is 5.65. The van der Waals surface area contributed by atoms with Crippen molar-refractivity contribution in [2.45, 2.75) is 6.42 Å². The third kappa shape index (κ3) is 2.71. The summed E-state index contributed by atoms with van der Waals surface area (Å²) in [7, 11) is 0. The van der Waals surface area contributed by atoms with Crippen LogP contribution in [0.1, 0.15) is 11.1 Å². The summed E-state index contributed by atoms with van der Waals surface area (Å²) in [6.45, 7) is 0. The molecule has 0 unspecified atom stereocenters. The fraction of sp³-hybridized carbons (Fsp3) is 0.0526. The molecular formula is C19H14FN3. The van der Waals surface area contributed by atoms with Crippen molar-refractivity contribution in [2.24, 2.45) is 0 Å². The molecule has 2 aromatic heterocycles. The van der Waals surface area contributed by atoms with Gasteiger partial charge in [-0.3, -0.25) is 5.10 Å². The minimum atomic E-state index is -0.501. The molecule has 0 atom stereocenters. The minimum absolute atomic E-state index is 0.501. The fourth-order valence-corrected chi connectivity index (χ4v) is 2.77. The van der Waals surface area contributed by atoms with Gasteiger partial charge in [0.15, 0.2) is 0 Å². The van der Waals surface area contributed by atoms with E-state index in [4.69, 9.17) is 0 Å². The van der Waals surface area contributed by atoms with Gasteiger partial charge >= 0.3 is 0 Å². The minimum Gasteiger partial charge on any atom is -0.277 e. The zero-order valence-corrected chi connectivity index (χ0v) is 12.3. The van der Waals surface area contributed by atoms with Gasteiger partial charge in [-0.1, -0.05) is 36.4 Å². The van der Waals surface area contributed by atoms with E-state index < -0.39 is 5.95 Å². The standard InChI is InChI=1S/C19H14FN3/c20-18-12-15(8-9-21-18)19-16-11-14(6-7-17(16)22-23-19)10-13-4-2-1-3-5-13/h1-9,11-12H,10H2,(H,22,23). The molecule has 0 saturated carbocycles. The third-order valence-electron chi connectivity index (χ3n) is 3.88. The van der Waals surface area contributed by atoms with Crippen LogP contribution < -0.4 is 0 Å². The summed E-state index contributed by atoms with van der Waals surface area (Å²) in [5.74, 6) is -0.501. The summed E-state index contributed by atoms with van der Waals surface area (Å²) < 4.78 is 13.4. The lowest BCUT2D eigenvalue weighted by molar-refractivity contribution is 0.584. The van der Waals surface area contributed by atoms with Gasteiger partial charge in [0.2, 0.25) is 5.95 Å². The first-order chi connectivity index (χ1) is 11.3. The van der Waals surface area contributed by atoms with Gasteiger partial charge < -0.3 is 0 Å². The van der Waals surface area contributed by atoms with Crippen LogP contribution in [0.15, 0.2) is 66.9 Å². The molecule has 23 heavy (non-hydrogen) atoms. The Bertz CT molecular complexity index is 961. The van der Waals surface area contributed by atoms with Gasteiger partial charge in [-0.25, -0.2) is 4.98 Å². The van der Waals surface area contributed by atoms with E-state index in [1.54, 1.807) is 6.07 Å². The number of pyridine rings is 1. The maximum absolute atomic E-state index is 13.4. The molecule has 0 saturated heterocycles. The Labute approximate surface area is 132 Å². The molecule has 0 spiro atoms. The van der Waals surface area contributed by atoms with Crippen molar-refractivity contribution in [3.05, 3.63) is 83.9 Å². The van der Waals surface area contributed by atoms with Crippen LogP contribution in [0.2, 0.25) is 0 Å². The lowest BCUT2D eigenvalue weighted by atomic mass is 10.0.